The van der Waals surface area contributed by atoms with E-state index in [1.807, 2.05) is 0 Å². The van der Waals surface area contributed by atoms with Crippen molar-refractivity contribution < 1.29 is 35.9 Å². The molecule has 9 heteroatoms. The van der Waals surface area contributed by atoms with Gasteiger partial charge in [0.25, 0.3) is 5.91 Å². The van der Waals surface area contributed by atoms with Gasteiger partial charge in [0.1, 0.15) is 0 Å². The summed E-state index contributed by atoms with van der Waals surface area (Å²) in [6, 6.07) is 15.0. The Bertz CT molecular complexity index is 1100. The van der Waals surface area contributed by atoms with Crippen molar-refractivity contribution in [1.82, 2.24) is 5.32 Å². The van der Waals surface area contributed by atoms with Gasteiger partial charge in [-0.2, -0.15) is 26.3 Å². The summed E-state index contributed by atoms with van der Waals surface area (Å²) in [7, 11) is 0. The van der Waals surface area contributed by atoms with Crippen molar-refractivity contribution in [3.8, 4) is 0 Å². The molecule has 0 atom stereocenters. The largest absolute Gasteiger partial charge is 0.416 e. The van der Waals surface area contributed by atoms with Gasteiger partial charge in [-0.25, -0.2) is 0 Å². The maximum atomic E-state index is 13.0. The fourth-order valence-corrected chi connectivity index (χ4v) is 2.96. The molecule has 0 aliphatic carbocycles. The minimum atomic E-state index is -4.98. The van der Waals surface area contributed by atoms with Gasteiger partial charge in [0, 0.05) is 23.2 Å². The molecule has 3 rings (SSSR count). The number of rotatable bonds is 5. The first-order valence-electron chi connectivity index (χ1n) is 9.21. The number of hydrogen-bond donors (Lipinski definition) is 1. The second kappa shape index (κ2) is 8.86. The molecule has 3 aromatic carbocycles. The number of ketones is 1. The van der Waals surface area contributed by atoms with Crippen LogP contribution in [0, 0.1) is 0 Å². The van der Waals surface area contributed by atoms with Crippen LogP contribution in [0.1, 0.15) is 43.0 Å². The van der Waals surface area contributed by atoms with Crippen molar-refractivity contribution in [1.29, 1.82) is 0 Å². The molecule has 0 saturated heterocycles. The lowest BCUT2D eigenvalue weighted by Crippen LogP contribution is -2.24. The van der Waals surface area contributed by atoms with E-state index < -0.39 is 35.9 Å². The van der Waals surface area contributed by atoms with Crippen LogP contribution in [0.25, 0.3) is 0 Å². The zero-order valence-corrected chi connectivity index (χ0v) is 16.2. The molecule has 0 aliphatic heterocycles. The quantitative estimate of drug-likeness (QED) is 0.389. The number of hydrogen-bond acceptors (Lipinski definition) is 2. The monoisotopic (exact) mass is 451 g/mol. The van der Waals surface area contributed by atoms with E-state index in [2.05, 4.69) is 5.32 Å². The number of alkyl halides is 6. The molecule has 0 unspecified atom stereocenters. The highest BCUT2D eigenvalue weighted by Crippen LogP contribution is 2.36. The zero-order chi connectivity index (χ0) is 23.5. The molecule has 3 aromatic rings. The molecule has 0 spiro atoms. The highest BCUT2D eigenvalue weighted by molar-refractivity contribution is 6.10. The Morgan fingerprint density at radius 1 is 0.656 bits per heavy atom. The van der Waals surface area contributed by atoms with E-state index in [0.717, 1.165) is 0 Å². The first kappa shape index (κ1) is 23.1. The average Bonchev–Trinajstić information content (AvgIpc) is 2.76. The molecular formula is C23H15F6NO2. The van der Waals surface area contributed by atoms with Gasteiger partial charge in [-0.1, -0.05) is 42.5 Å². The fourth-order valence-electron chi connectivity index (χ4n) is 2.96. The van der Waals surface area contributed by atoms with Gasteiger partial charge in [0.2, 0.25) is 0 Å². The van der Waals surface area contributed by atoms with Crippen LogP contribution in [0.2, 0.25) is 0 Å². The SMILES string of the molecule is O=C(NCc1cc(C(F)(F)F)cc(C(F)(F)F)c1)c1cccc(C(=O)c2ccccc2)c1. The molecule has 166 valence electrons. The number of benzene rings is 3. The molecule has 0 fully saturated rings. The zero-order valence-electron chi connectivity index (χ0n) is 16.2. The fraction of sp³-hybridized carbons (Fsp3) is 0.130. The van der Waals surface area contributed by atoms with Gasteiger partial charge < -0.3 is 5.32 Å². The minimum absolute atomic E-state index is 0.0178. The molecule has 1 amide bonds. The van der Waals surface area contributed by atoms with Gasteiger partial charge in [-0.3, -0.25) is 9.59 Å². The molecule has 0 aromatic heterocycles. The summed E-state index contributed by atoms with van der Waals surface area (Å²) < 4.78 is 77.8. The average molecular weight is 451 g/mol. The molecule has 0 saturated carbocycles. The van der Waals surface area contributed by atoms with Gasteiger partial charge >= 0.3 is 12.4 Å². The van der Waals surface area contributed by atoms with Gasteiger partial charge in [-0.05, 0) is 35.9 Å². The van der Waals surface area contributed by atoms with Crippen molar-refractivity contribution in [3.63, 3.8) is 0 Å². The third-order valence-electron chi connectivity index (χ3n) is 4.52. The number of amides is 1. The van der Waals surface area contributed by atoms with Crippen molar-refractivity contribution >= 4 is 11.7 Å². The van der Waals surface area contributed by atoms with Gasteiger partial charge in [0.15, 0.2) is 5.78 Å². The highest BCUT2D eigenvalue weighted by Gasteiger charge is 2.36. The Morgan fingerprint density at radius 3 is 1.75 bits per heavy atom. The van der Waals surface area contributed by atoms with Crippen molar-refractivity contribution in [2.75, 3.05) is 0 Å². The first-order chi connectivity index (χ1) is 14.9. The molecule has 3 nitrogen and oxygen atoms in total. The normalized spacial score (nSPS) is 11.8. The Hall–Kier alpha value is -3.62. The Balaban J connectivity index is 1.80. The van der Waals surface area contributed by atoms with E-state index in [9.17, 15) is 35.9 Å². The Labute approximate surface area is 178 Å². The summed E-state index contributed by atoms with van der Waals surface area (Å²) in [5.41, 5.74) is -2.65. The van der Waals surface area contributed by atoms with E-state index >= 15 is 0 Å². The van der Waals surface area contributed by atoms with Crippen LogP contribution in [0.5, 0.6) is 0 Å². The van der Waals surface area contributed by atoms with Crippen molar-refractivity contribution in [3.05, 3.63) is 106 Å². The van der Waals surface area contributed by atoms with Crippen molar-refractivity contribution in [2.24, 2.45) is 0 Å². The summed E-state index contributed by atoms with van der Waals surface area (Å²) >= 11 is 0. The second-order valence-corrected chi connectivity index (χ2v) is 6.87. The van der Waals surface area contributed by atoms with Gasteiger partial charge in [-0.15, -0.1) is 0 Å². The number of halogens is 6. The molecule has 0 aliphatic rings. The highest BCUT2D eigenvalue weighted by atomic mass is 19.4. The summed E-state index contributed by atoms with van der Waals surface area (Å²) in [5.74, 6) is -1.09. The van der Waals surface area contributed by atoms with E-state index in [1.165, 1.54) is 24.3 Å². The van der Waals surface area contributed by atoms with Crippen LogP contribution in [0.4, 0.5) is 26.3 Å². The first-order valence-corrected chi connectivity index (χ1v) is 9.21. The van der Waals surface area contributed by atoms with Crippen LogP contribution in [0.3, 0.4) is 0 Å². The predicted molar refractivity (Wildman–Crippen MR) is 104 cm³/mol. The second-order valence-electron chi connectivity index (χ2n) is 6.87. The third kappa shape index (κ3) is 5.54. The Kier molecular flexibility index (Phi) is 6.38. The summed E-state index contributed by atoms with van der Waals surface area (Å²) in [6.45, 7) is -0.567. The predicted octanol–water partition coefficient (Wildman–Crippen LogP) is 5.89. The van der Waals surface area contributed by atoms with Gasteiger partial charge in [0.05, 0.1) is 11.1 Å². The molecule has 0 bridgehead atoms. The van der Waals surface area contributed by atoms with Crippen LogP contribution >= 0.6 is 0 Å². The van der Waals surface area contributed by atoms with E-state index in [1.54, 1.807) is 30.3 Å². The molecule has 1 N–H and O–H groups in total. The van der Waals surface area contributed by atoms with E-state index in [-0.39, 0.29) is 28.5 Å². The molecule has 32 heavy (non-hydrogen) atoms. The van der Waals surface area contributed by atoms with Crippen LogP contribution in [-0.4, -0.2) is 11.7 Å². The third-order valence-corrected chi connectivity index (χ3v) is 4.52. The van der Waals surface area contributed by atoms with Crippen LogP contribution in [0.15, 0.2) is 72.8 Å². The molecule has 0 radical (unpaired) electrons. The lowest BCUT2D eigenvalue weighted by Gasteiger charge is -2.14. The standard InChI is InChI=1S/C23H15F6NO2/c24-22(25,26)18-9-14(10-19(12-18)23(27,28)29)13-30-21(32)17-8-4-7-16(11-17)20(31)15-5-2-1-3-6-15/h1-12H,13H2,(H,30,32). The topological polar surface area (TPSA) is 46.2 Å². The number of carbonyl (C=O) groups excluding carboxylic acids is 2. The summed E-state index contributed by atoms with van der Waals surface area (Å²) in [5, 5.41) is 2.29. The summed E-state index contributed by atoms with van der Waals surface area (Å²) in [4.78, 5) is 24.9. The lowest BCUT2D eigenvalue weighted by molar-refractivity contribution is -0.143. The van der Waals surface area contributed by atoms with E-state index in [4.69, 9.17) is 0 Å². The summed E-state index contributed by atoms with van der Waals surface area (Å²) in [6.07, 6.45) is -9.96. The maximum Gasteiger partial charge on any atom is 0.416 e. The lowest BCUT2D eigenvalue weighted by atomic mass is 10.0. The van der Waals surface area contributed by atoms with Crippen LogP contribution < -0.4 is 5.32 Å². The molecule has 0 heterocycles. The molecular weight excluding hydrogens is 436 g/mol. The van der Waals surface area contributed by atoms with E-state index in [0.29, 0.717) is 17.7 Å². The van der Waals surface area contributed by atoms with Crippen molar-refractivity contribution in [2.45, 2.75) is 18.9 Å². The van der Waals surface area contributed by atoms with Crippen LogP contribution in [-0.2, 0) is 18.9 Å². The smallest absolute Gasteiger partial charge is 0.348 e. The Morgan fingerprint density at radius 2 is 1.19 bits per heavy atom. The maximum absolute atomic E-state index is 13.0. The number of nitrogens with one attached hydrogen (secondary N) is 1. The number of carbonyl (C=O) groups is 2. The minimum Gasteiger partial charge on any atom is -0.348 e.